The van der Waals surface area contributed by atoms with Crippen LogP contribution in [0.5, 0.6) is 11.5 Å². The van der Waals surface area contributed by atoms with Gasteiger partial charge in [-0.3, -0.25) is 0 Å². The zero-order chi connectivity index (χ0) is 22.9. The summed E-state index contributed by atoms with van der Waals surface area (Å²) in [6, 6.07) is 5.97. The van der Waals surface area contributed by atoms with Crippen molar-refractivity contribution < 1.29 is 24.1 Å². The summed E-state index contributed by atoms with van der Waals surface area (Å²) in [5, 5.41) is 13.4. The minimum Gasteiger partial charge on any atom is -0.486 e. The summed E-state index contributed by atoms with van der Waals surface area (Å²) in [6.07, 6.45) is -0.255. The molecule has 10 heteroatoms. The van der Waals surface area contributed by atoms with Gasteiger partial charge in [0.1, 0.15) is 30.0 Å². The highest BCUT2D eigenvalue weighted by atomic mass is 32.1. The number of fused-ring (bicyclic) bond motifs is 2. The van der Waals surface area contributed by atoms with Gasteiger partial charge in [0.2, 0.25) is 5.95 Å². The Morgan fingerprint density at radius 3 is 2.73 bits per heavy atom. The second-order valence-electron chi connectivity index (χ2n) is 8.24. The molecule has 3 aromatic rings. The quantitative estimate of drug-likeness (QED) is 0.526. The molecule has 0 atom stereocenters. The average molecular weight is 471 g/mol. The van der Waals surface area contributed by atoms with Gasteiger partial charge in [0.25, 0.3) is 0 Å². The number of benzene rings is 1. The van der Waals surface area contributed by atoms with Gasteiger partial charge in [0.15, 0.2) is 11.5 Å². The fourth-order valence-electron chi connectivity index (χ4n) is 4.21. The minimum atomic E-state index is -1.22. The van der Waals surface area contributed by atoms with E-state index in [2.05, 4.69) is 24.1 Å². The highest BCUT2D eigenvalue weighted by Gasteiger charge is 2.25. The van der Waals surface area contributed by atoms with Crippen molar-refractivity contribution in [3.8, 4) is 11.5 Å². The molecule has 174 valence electrons. The summed E-state index contributed by atoms with van der Waals surface area (Å²) in [4.78, 5) is 24.8. The predicted octanol–water partition coefficient (Wildman–Crippen LogP) is 4.35. The molecular weight excluding hydrogens is 444 g/mol. The number of carboxylic acid groups (broad SMARTS) is 1. The SMILES string of the molecule is Cc1sc2nc(N3CCC(OC(=O)O)CC3)nc(NCc3ccc4c(c3)OCCO4)c2c1C. The minimum absolute atomic E-state index is 0.276. The summed E-state index contributed by atoms with van der Waals surface area (Å²) in [7, 11) is 0. The summed E-state index contributed by atoms with van der Waals surface area (Å²) < 4.78 is 16.3. The zero-order valence-electron chi connectivity index (χ0n) is 18.6. The van der Waals surface area contributed by atoms with Crippen molar-refractivity contribution in [2.75, 3.05) is 36.5 Å². The zero-order valence-corrected chi connectivity index (χ0v) is 19.4. The summed E-state index contributed by atoms with van der Waals surface area (Å²) in [5.74, 6) is 3.00. The lowest BCUT2D eigenvalue weighted by Crippen LogP contribution is -2.38. The molecule has 1 saturated heterocycles. The molecule has 0 spiro atoms. The number of aromatic nitrogens is 2. The summed E-state index contributed by atoms with van der Waals surface area (Å²) in [5.41, 5.74) is 2.25. The first-order chi connectivity index (χ1) is 16.0. The molecule has 1 aromatic carbocycles. The maximum atomic E-state index is 10.8. The summed E-state index contributed by atoms with van der Waals surface area (Å²) in [6.45, 7) is 7.21. The Bertz CT molecular complexity index is 1190. The number of rotatable bonds is 5. The van der Waals surface area contributed by atoms with Crippen LogP contribution < -0.4 is 19.7 Å². The van der Waals surface area contributed by atoms with E-state index < -0.39 is 6.16 Å². The van der Waals surface area contributed by atoms with E-state index in [1.807, 2.05) is 18.2 Å². The first-order valence-corrected chi connectivity index (χ1v) is 11.8. The maximum absolute atomic E-state index is 10.8. The number of nitrogens with one attached hydrogen (secondary N) is 1. The van der Waals surface area contributed by atoms with Gasteiger partial charge < -0.3 is 29.5 Å². The van der Waals surface area contributed by atoms with Crippen LogP contribution >= 0.6 is 11.3 Å². The number of thiophene rings is 1. The first kappa shape index (κ1) is 21.6. The first-order valence-electron chi connectivity index (χ1n) is 11.0. The monoisotopic (exact) mass is 470 g/mol. The van der Waals surface area contributed by atoms with Gasteiger partial charge >= 0.3 is 6.16 Å². The number of hydrogen-bond acceptors (Lipinski definition) is 9. The van der Waals surface area contributed by atoms with Crippen molar-refractivity contribution in [1.29, 1.82) is 0 Å². The van der Waals surface area contributed by atoms with E-state index in [4.69, 9.17) is 29.3 Å². The maximum Gasteiger partial charge on any atom is 0.506 e. The van der Waals surface area contributed by atoms with Gasteiger partial charge in [-0.1, -0.05) is 6.07 Å². The van der Waals surface area contributed by atoms with Crippen molar-refractivity contribution in [2.24, 2.45) is 0 Å². The molecule has 1 fully saturated rings. The van der Waals surface area contributed by atoms with Crippen LogP contribution in [0.15, 0.2) is 18.2 Å². The van der Waals surface area contributed by atoms with E-state index in [9.17, 15) is 4.79 Å². The van der Waals surface area contributed by atoms with Gasteiger partial charge in [-0.15, -0.1) is 11.3 Å². The Labute approximate surface area is 195 Å². The number of carbonyl (C=O) groups is 1. The lowest BCUT2D eigenvalue weighted by atomic mass is 10.1. The van der Waals surface area contributed by atoms with Crippen molar-refractivity contribution >= 4 is 39.5 Å². The molecule has 0 aliphatic carbocycles. The van der Waals surface area contributed by atoms with Crippen LogP contribution in [0, 0.1) is 13.8 Å². The van der Waals surface area contributed by atoms with Crippen LogP contribution in [0.2, 0.25) is 0 Å². The molecule has 0 bridgehead atoms. The van der Waals surface area contributed by atoms with E-state index in [0.29, 0.717) is 51.6 Å². The van der Waals surface area contributed by atoms with Crippen molar-refractivity contribution in [3.63, 3.8) is 0 Å². The van der Waals surface area contributed by atoms with E-state index in [1.54, 1.807) is 11.3 Å². The Morgan fingerprint density at radius 2 is 1.97 bits per heavy atom. The molecule has 0 saturated carbocycles. The Kier molecular flexibility index (Phi) is 5.84. The fraction of sp³-hybridized carbons (Fsp3) is 0.435. The van der Waals surface area contributed by atoms with Crippen molar-refractivity contribution in [1.82, 2.24) is 9.97 Å². The van der Waals surface area contributed by atoms with Gasteiger partial charge in [0.05, 0.1) is 5.39 Å². The van der Waals surface area contributed by atoms with Crippen LogP contribution in [0.25, 0.3) is 10.2 Å². The normalized spacial score (nSPS) is 16.1. The summed E-state index contributed by atoms with van der Waals surface area (Å²) >= 11 is 1.66. The Hall–Kier alpha value is -3.27. The van der Waals surface area contributed by atoms with Crippen LogP contribution in [-0.4, -0.2) is 53.6 Å². The average Bonchev–Trinajstić information content (AvgIpc) is 3.11. The molecule has 0 radical (unpaired) electrons. The van der Waals surface area contributed by atoms with E-state index in [-0.39, 0.29) is 6.10 Å². The van der Waals surface area contributed by atoms with Gasteiger partial charge in [-0.2, -0.15) is 4.98 Å². The van der Waals surface area contributed by atoms with Crippen molar-refractivity contribution in [3.05, 3.63) is 34.2 Å². The molecule has 5 rings (SSSR count). The third-order valence-electron chi connectivity index (χ3n) is 6.08. The highest BCUT2D eigenvalue weighted by Crippen LogP contribution is 2.36. The van der Waals surface area contributed by atoms with Crippen LogP contribution in [0.3, 0.4) is 0 Å². The van der Waals surface area contributed by atoms with E-state index in [0.717, 1.165) is 33.1 Å². The van der Waals surface area contributed by atoms with E-state index >= 15 is 0 Å². The standard InChI is InChI=1S/C23H26N4O5S/c1-13-14(2)33-21-19(13)20(24-12-15-3-4-17-18(11-15)31-10-9-30-17)25-22(26-21)27-7-5-16(6-8-27)32-23(28)29/h3-4,11,16H,5-10,12H2,1-2H3,(H,28,29)(H,24,25,26). The molecule has 2 aromatic heterocycles. The smallest absolute Gasteiger partial charge is 0.486 e. The largest absolute Gasteiger partial charge is 0.506 e. The topological polar surface area (TPSA) is 106 Å². The Morgan fingerprint density at radius 1 is 1.21 bits per heavy atom. The number of ether oxygens (including phenoxy) is 3. The molecule has 9 nitrogen and oxygen atoms in total. The molecular formula is C23H26N4O5S. The molecule has 2 aliphatic heterocycles. The molecule has 2 N–H and O–H groups in total. The van der Waals surface area contributed by atoms with Crippen LogP contribution in [0.4, 0.5) is 16.6 Å². The second kappa shape index (κ2) is 8.93. The van der Waals surface area contributed by atoms with Crippen LogP contribution in [0.1, 0.15) is 28.8 Å². The van der Waals surface area contributed by atoms with E-state index in [1.165, 1.54) is 10.4 Å². The van der Waals surface area contributed by atoms with Gasteiger partial charge in [-0.05, 0) is 37.1 Å². The van der Waals surface area contributed by atoms with Gasteiger partial charge in [0, 0.05) is 37.4 Å². The molecule has 33 heavy (non-hydrogen) atoms. The third kappa shape index (κ3) is 4.47. The Balaban J connectivity index is 1.39. The number of piperidine rings is 1. The molecule has 0 amide bonds. The predicted molar refractivity (Wildman–Crippen MR) is 126 cm³/mol. The third-order valence-corrected chi connectivity index (χ3v) is 7.18. The molecule has 4 heterocycles. The number of aryl methyl sites for hydroxylation is 2. The van der Waals surface area contributed by atoms with Crippen molar-refractivity contribution in [2.45, 2.75) is 39.3 Å². The molecule has 0 unspecified atom stereocenters. The second-order valence-corrected chi connectivity index (χ2v) is 9.44. The highest BCUT2D eigenvalue weighted by molar-refractivity contribution is 7.18. The molecule has 2 aliphatic rings. The van der Waals surface area contributed by atoms with Crippen LogP contribution in [-0.2, 0) is 11.3 Å². The lowest BCUT2D eigenvalue weighted by Gasteiger charge is -2.31. The number of anilines is 2. The lowest BCUT2D eigenvalue weighted by molar-refractivity contribution is 0.0415. The fourth-order valence-corrected chi connectivity index (χ4v) is 5.23. The number of hydrogen-bond donors (Lipinski definition) is 2. The van der Waals surface area contributed by atoms with Gasteiger partial charge in [-0.25, -0.2) is 9.78 Å². The number of nitrogens with zero attached hydrogens (tertiary/aromatic N) is 3.